The predicted octanol–water partition coefficient (Wildman–Crippen LogP) is 2.94. The van der Waals surface area contributed by atoms with Crippen LogP contribution in [0.1, 0.15) is 87.8 Å². The second kappa shape index (κ2) is 8.40. The molecular weight excluding hydrogens is 392 g/mol. The van der Waals surface area contributed by atoms with Gasteiger partial charge in [0.15, 0.2) is 0 Å². The Bertz CT molecular complexity index is 920. The van der Waals surface area contributed by atoms with E-state index < -0.39 is 0 Å². The smallest absolute Gasteiger partial charge is 0.256 e. The molecule has 7 heteroatoms. The molecule has 1 aromatic rings. The van der Waals surface area contributed by atoms with Gasteiger partial charge >= 0.3 is 0 Å². The van der Waals surface area contributed by atoms with E-state index in [9.17, 15) is 14.4 Å². The highest BCUT2D eigenvalue weighted by molar-refractivity contribution is 5.82. The number of fused-ring (bicyclic) bond motifs is 1. The first-order chi connectivity index (χ1) is 15.0. The summed E-state index contributed by atoms with van der Waals surface area (Å²) in [5.74, 6) is 1.80. The molecule has 0 bridgehead atoms. The average Bonchev–Trinajstić information content (AvgIpc) is 3.55. The first-order valence-electron chi connectivity index (χ1n) is 12.2. The number of aromatic amines is 1. The number of carbonyl (C=O) groups is 2. The zero-order valence-electron chi connectivity index (χ0n) is 18.6. The quantitative estimate of drug-likeness (QED) is 0.805. The minimum atomic E-state index is -0.140. The summed E-state index contributed by atoms with van der Waals surface area (Å²) in [6.07, 6.45) is 9.91. The number of hydrogen-bond donors (Lipinski definition) is 1. The maximum Gasteiger partial charge on any atom is 0.256 e. The van der Waals surface area contributed by atoms with Crippen molar-refractivity contribution in [2.75, 3.05) is 13.1 Å². The topological polar surface area (TPSA) is 86.4 Å². The van der Waals surface area contributed by atoms with Crippen LogP contribution in [0.15, 0.2) is 4.79 Å². The third-order valence-corrected chi connectivity index (χ3v) is 7.88. The number of amides is 2. The zero-order chi connectivity index (χ0) is 21.5. The van der Waals surface area contributed by atoms with Gasteiger partial charge in [0.05, 0.1) is 23.8 Å². The lowest BCUT2D eigenvalue weighted by molar-refractivity contribution is -0.138. The maximum atomic E-state index is 13.0. The van der Waals surface area contributed by atoms with Crippen molar-refractivity contribution in [1.82, 2.24) is 19.8 Å². The third kappa shape index (κ3) is 4.03. The summed E-state index contributed by atoms with van der Waals surface area (Å²) >= 11 is 0. The number of carbonyl (C=O) groups excluding carboxylic acids is 2. The van der Waals surface area contributed by atoms with Crippen molar-refractivity contribution < 1.29 is 9.59 Å². The van der Waals surface area contributed by atoms with Crippen LogP contribution in [0.5, 0.6) is 0 Å². The summed E-state index contributed by atoms with van der Waals surface area (Å²) in [5.41, 5.74) is 1.30. The molecule has 3 unspecified atom stereocenters. The highest BCUT2D eigenvalue weighted by Gasteiger charge is 2.44. The molecule has 3 fully saturated rings. The Balaban J connectivity index is 1.35. The van der Waals surface area contributed by atoms with E-state index in [-0.39, 0.29) is 35.3 Å². The molecule has 1 N–H and O–H groups in total. The van der Waals surface area contributed by atoms with E-state index in [4.69, 9.17) is 4.98 Å². The van der Waals surface area contributed by atoms with Crippen molar-refractivity contribution in [3.63, 3.8) is 0 Å². The van der Waals surface area contributed by atoms with Crippen molar-refractivity contribution in [3.8, 4) is 0 Å². The number of nitrogens with one attached hydrogen (secondary N) is 1. The molecule has 4 aliphatic rings. The molecule has 7 nitrogen and oxygen atoms in total. The predicted molar refractivity (Wildman–Crippen MR) is 116 cm³/mol. The molecule has 3 atom stereocenters. The van der Waals surface area contributed by atoms with Crippen molar-refractivity contribution >= 4 is 11.8 Å². The van der Waals surface area contributed by atoms with Crippen molar-refractivity contribution in [2.45, 2.75) is 83.7 Å². The molecule has 0 spiro atoms. The van der Waals surface area contributed by atoms with Crippen LogP contribution in [0.3, 0.4) is 0 Å². The van der Waals surface area contributed by atoms with Gasteiger partial charge in [0.1, 0.15) is 5.82 Å². The Morgan fingerprint density at radius 1 is 1.00 bits per heavy atom. The highest BCUT2D eigenvalue weighted by Crippen LogP contribution is 2.42. The number of rotatable bonds is 3. The molecule has 5 rings (SSSR count). The first-order valence-corrected chi connectivity index (χ1v) is 12.2. The average molecular weight is 427 g/mol. The molecule has 2 aliphatic carbocycles. The monoisotopic (exact) mass is 426 g/mol. The maximum absolute atomic E-state index is 13.0. The number of piperidine rings is 1. The number of likely N-dealkylation sites (tertiary alicyclic amines) is 1. The summed E-state index contributed by atoms with van der Waals surface area (Å²) in [5, 5.41) is 0. The van der Waals surface area contributed by atoms with Crippen LogP contribution in [0.25, 0.3) is 0 Å². The fourth-order valence-electron chi connectivity index (χ4n) is 5.76. The van der Waals surface area contributed by atoms with Gasteiger partial charge in [-0.3, -0.25) is 14.4 Å². The molecule has 0 aromatic carbocycles. The van der Waals surface area contributed by atoms with Gasteiger partial charge in [-0.15, -0.1) is 0 Å². The molecule has 2 aliphatic heterocycles. The first kappa shape index (κ1) is 20.7. The van der Waals surface area contributed by atoms with Gasteiger partial charge in [-0.25, -0.2) is 4.98 Å². The molecule has 31 heavy (non-hydrogen) atoms. The second-order valence-electron chi connectivity index (χ2n) is 10.1. The molecule has 1 aromatic heterocycles. The molecule has 0 radical (unpaired) electrons. The Morgan fingerprint density at radius 2 is 1.74 bits per heavy atom. The van der Waals surface area contributed by atoms with Gasteiger partial charge in [0.25, 0.3) is 5.56 Å². The second-order valence-corrected chi connectivity index (χ2v) is 10.1. The fraction of sp³-hybridized carbons (Fsp3) is 0.750. The van der Waals surface area contributed by atoms with Crippen molar-refractivity contribution in [2.24, 2.45) is 17.8 Å². The van der Waals surface area contributed by atoms with Gasteiger partial charge in [-0.05, 0) is 44.4 Å². The highest BCUT2D eigenvalue weighted by atomic mass is 16.2. The summed E-state index contributed by atoms with van der Waals surface area (Å²) in [7, 11) is 0. The largest absolute Gasteiger partial charge is 0.337 e. The summed E-state index contributed by atoms with van der Waals surface area (Å²) in [4.78, 5) is 50.6. The molecule has 168 valence electrons. The standard InChI is InChI=1S/C24H34N4O3/c1-15-13-17(15)24(31)28-11-6-5-9-20(28)21-25-19-10-12-27(14-18(19)22(29)26-21)23(30)16-7-3-2-4-8-16/h15-17,20H,2-14H2,1H3,(H,25,26,29). The van der Waals surface area contributed by atoms with Crippen molar-refractivity contribution in [1.29, 1.82) is 0 Å². The van der Waals surface area contributed by atoms with Crippen LogP contribution in [0.4, 0.5) is 0 Å². The van der Waals surface area contributed by atoms with E-state index in [0.717, 1.165) is 63.6 Å². The SMILES string of the molecule is CC1CC1C(=O)N1CCCCC1c1nc2c(c(=O)[nH]1)CN(C(=O)C1CCCCC1)CC2. The van der Waals surface area contributed by atoms with E-state index in [1.165, 1.54) is 6.42 Å². The summed E-state index contributed by atoms with van der Waals surface area (Å²) < 4.78 is 0. The van der Waals surface area contributed by atoms with E-state index in [1.54, 1.807) is 0 Å². The van der Waals surface area contributed by atoms with Gasteiger partial charge in [-0.2, -0.15) is 0 Å². The number of aromatic nitrogens is 2. The molecule has 2 amide bonds. The van der Waals surface area contributed by atoms with Crippen LogP contribution >= 0.6 is 0 Å². The van der Waals surface area contributed by atoms with E-state index >= 15 is 0 Å². The van der Waals surface area contributed by atoms with E-state index in [2.05, 4.69) is 11.9 Å². The van der Waals surface area contributed by atoms with Gasteiger partial charge in [0, 0.05) is 31.3 Å². The normalized spacial score (nSPS) is 28.9. The van der Waals surface area contributed by atoms with Crippen LogP contribution in [0.2, 0.25) is 0 Å². The van der Waals surface area contributed by atoms with Crippen LogP contribution in [0, 0.1) is 17.8 Å². The Morgan fingerprint density at radius 3 is 2.48 bits per heavy atom. The fourth-order valence-corrected chi connectivity index (χ4v) is 5.76. The molecule has 3 heterocycles. The van der Waals surface area contributed by atoms with E-state index in [0.29, 0.717) is 36.8 Å². The minimum Gasteiger partial charge on any atom is -0.337 e. The molecule has 2 saturated carbocycles. The Hall–Kier alpha value is -2.18. The van der Waals surface area contributed by atoms with Gasteiger partial charge < -0.3 is 14.8 Å². The lowest BCUT2D eigenvalue weighted by atomic mass is 9.88. The number of nitrogens with zero attached hydrogens (tertiary/aromatic N) is 3. The lowest BCUT2D eigenvalue weighted by Gasteiger charge is -2.36. The zero-order valence-corrected chi connectivity index (χ0v) is 18.6. The number of H-pyrrole nitrogens is 1. The Kier molecular flexibility index (Phi) is 5.61. The van der Waals surface area contributed by atoms with Crippen LogP contribution in [-0.4, -0.2) is 44.7 Å². The van der Waals surface area contributed by atoms with Gasteiger partial charge in [-0.1, -0.05) is 26.2 Å². The molecule has 1 saturated heterocycles. The molecular formula is C24H34N4O3. The van der Waals surface area contributed by atoms with E-state index in [1.807, 2.05) is 9.80 Å². The summed E-state index contributed by atoms with van der Waals surface area (Å²) in [6.45, 7) is 3.86. The van der Waals surface area contributed by atoms with Gasteiger partial charge in [0.2, 0.25) is 11.8 Å². The third-order valence-electron chi connectivity index (χ3n) is 7.88. The van der Waals surface area contributed by atoms with Crippen molar-refractivity contribution in [3.05, 3.63) is 27.4 Å². The number of hydrogen-bond acceptors (Lipinski definition) is 4. The Labute approximate surface area is 183 Å². The summed E-state index contributed by atoms with van der Waals surface area (Å²) in [6, 6.07) is -0.131. The lowest BCUT2D eigenvalue weighted by Crippen LogP contribution is -2.44. The van der Waals surface area contributed by atoms with Crippen LogP contribution in [-0.2, 0) is 22.6 Å². The van der Waals surface area contributed by atoms with Crippen LogP contribution < -0.4 is 5.56 Å². The minimum absolute atomic E-state index is 0.119.